The molecule has 0 saturated carbocycles. The van der Waals surface area contributed by atoms with E-state index in [1.165, 1.54) is 4.90 Å². The predicted molar refractivity (Wildman–Crippen MR) is 132 cm³/mol. The minimum absolute atomic E-state index is 0.0789. The molecule has 0 unspecified atom stereocenters. The van der Waals surface area contributed by atoms with Crippen LogP contribution in [0.5, 0.6) is 0 Å². The second-order valence-corrected chi connectivity index (χ2v) is 10.3. The fourth-order valence-corrected chi connectivity index (χ4v) is 4.44. The first kappa shape index (κ1) is 26.4. The molecule has 33 heavy (non-hydrogen) atoms. The summed E-state index contributed by atoms with van der Waals surface area (Å²) in [6.07, 6.45) is 2.31. The number of nitrogens with one attached hydrogen (secondary N) is 1. The van der Waals surface area contributed by atoms with E-state index in [1.807, 2.05) is 70.2 Å². The fourth-order valence-electron chi connectivity index (χ4n) is 3.59. The quantitative estimate of drug-likeness (QED) is 0.542. The van der Waals surface area contributed by atoms with Gasteiger partial charge < -0.3 is 10.2 Å². The van der Waals surface area contributed by atoms with Crippen molar-refractivity contribution in [1.29, 1.82) is 0 Å². The zero-order valence-electron chi connectivity index (χ0n) is 20.1. The van der Waals surface area contributed by atoms with E-state index in [4.69, 9.17) is 0 Å². The Bertz CT molecular complexity index is 1020. The molecule has 0 aliphatic rings. The summed E-state index contributed by atoms with van der Waals surface area (Å²) in [4.78, 5) is 27.9. The molecule has 7 nitrogen and oxygen atoms in total. The molecule has 2 aromatic rings. The monoisotopic (exact) mass is 473 g/mol. The maximum Gasteiger partial charge on any atom is 0.244 e. The Morgan fingerprint density at radius 3 is 2.03 bits per heavy atom. The number of aryl methyl sites for hydroxylation is 1. The van der Waals surface area contributed by atoms with E-state index >= 15 is 0 Å². The van der Waals surface area contributed by atoms with E-state index in [9.17, 15) is 18.0 Å². The Hall–Kier alpha value is -2.87. The lowest BCUT2D eigenvalue weighted by atomic mass is 10.1. The van der Waals surface area contributed by atoms with Gasteiger partial charge in [-0.25, -0.2) is 8.42 Å². The number of amides is 2. The smallest absolute Gasteiger partial charge is 0.244 e. The number of sulfonamides is 1. The van der Waals surface area contributed by atoms with E-state index < -0.39 is 22.0 Å². The molecule has 0 spiro atoms. The summed E-state index contributed by atoms with van der Waals surface area (Å²) in [5.74, 6) is -0.690. The number of carbonyl (C=O) groups excluding carboxylic acids is 2. The Balaban J connectivity index is 2.40. The molecule has 0 bridgehead atoms. The number of benzene rings is 2. The molecule has 8 heteroatoms. The molecule has 1 N–H and O–H groups in total. The van der Waals surface area contributed by atoms with Gasteiger partial charge in [0, 0.05) is 12.6 Å². The van der Waals surface area contributed by atoms with Crippen LogP contribution in [0.2, 0.25) is 0 Å². The predicted octanol–water partition coefficient (Wildman–Crippen LogP) is 3.35. The number of hydrogen-bond donors (Lipinski definition) is 1. The third-order valence-electron chi connectivity index (χ3n) is 5.32. The van der Waals surface area contributed by atoms with E-state index in [1.54, 1.807) is 12.1 Å². The summed E-state index contributed by atoms with van der Waals surface area (Å²) in [6, 6.07) is 15.7. The van der Waals surface area contributed by atoms with Crippen molar-refractivity contribution in [3.63, 3.8) is 0 Å². The summed E-state index contributed by atoms with van der Waals surface area (Å²) in [7, 11) is -3.73. The minimum Gasteiger partial charge on any atom is -0.352 e. The van der Waals surface area contributed by atoms with Crippen molar-refractivity contribution in [3.05, 3.63) is 65.7 Å². The molecule has 0 aliphatic carbocycles. The molecule has 180 valence electrons. The molecule has 0 radical (unpaired) electrons. The van der Waals surface area contributed by atoms with Crippen LogP contribution in [0.3, 0.4) is 0 Å². The lowest BCUT2D eigenvalue weighted by Gasteiger charge is -2.33. The molecular weight excluding hydrogens is 438 g/mol. The van der Waals surface area contributed by atoms with Gasteiger partial charge in [-0.2, -0.15) is 0 Å². The molecule has 0 saturated heterocycles. The van der Waals surface area contributed by atoms with Crippen molar-refractivity contribution in [2.45, 2.75) is 59.2 Å². The van der Waals surface area contributed by atoms with Gasteiger partial charge in [0.1, 0.15) is 12.6 Å². The molecule has 2 aromatic carbocycles. The number of rotatable bonds is 11. The highest BCUT2D eigenvalue weighted by molar-refractivity contribution is 7.92. The van der Waals surface area contributed by atoms with Crippen molar-refractivity contribution >= 4 is 27.5 Å². The van der Waals surface area contributed by atoms with Crippen molar-refractivity contribution in [1.82, 2.24) is 10.2 Å². The number of hydrogen-bond acceptors (Lipinski definition) is 4. The summed E-state index contributed by atoms with van der Waals surface area (Å²) in [6.45, 7) is 7.40. The Morgan fingerprint density at radius 1 is 0.939 bits per heavy atom. The van der Waals surface area contributed by atoms with Crippen LogP contribution in [0, 0.1) is 0 Å². The Kier molecular flexibility index (Phi) is 9.46. The van der Waals surface area contributed by atoms with E-state index in [-0.39, 0.29) is 25.0 Å². The zero-order valence-corrected chi connectivity index (χ0v) is 20.9. The number of anilines is 1. The second kappa shape index (κ2) is 11.8. The van der Waals surface area contributed by atoms with Crippen LogP contribution in [-0.2, 0) is 32.6 Å². The van der Waals surface area contributed by atoms with Gasteiger partial charge in [-0.05, 0) is 49.9 Å². The molecule has 1 atom stereocenters. The van der Waals surface area contributed by atoms with Gasteiger partial charge in [0.05, 0.1) is 11.9 Å². The molecule has 0 aromatic heterocycles. The first-order valence-electron chi connectivity index (χ1n) is 11.3. The van der Waals surface area contributed by atoms with E-state index in [0.29, 0.717) is 12.1 Å². The fraction of sp³-hybridized carbons (Fsp3) is 0.440. The van der Waals surface area contributed by atoms with Crippen molar-refractivity contribution in [2.24, 2.45) is 0 Å². The van der Waals surface area contributed by atoms with Crippen molar-refractivity contribution in [3.8, 4) is 0 Å². The van der Waals surface area contributed by atoms with Crippen LogP contribution >= 0.6 is 0 Å². The van der Waals surface area contributed by atoms with Crippen LogP contribution in [0.25, 0.3) is 0 Å². The molecule has 0 heterocycles. The SMILES string of the molecule is CCc1ccc(N(CC(=O)N(Cc2ccccc2)[C@H](CC)C(=O)NC(C)C)S(C)(=O)=O)cc1. The third-order valence-corrected chi connectivity index (χ3v) is 6.46. The standard InChI is InChI=1S/C25H35N3O4S/c1-6-20-13-15-22(16-14-20)28(33(5,31)32)18-24(29)27(17-21-11-9-8-10-12-21)23(7-2)25(30)26-19(3)4/h8-16,19,23H,6-7,17-18H2,1-5H3,(H,26,30)/t23-/m1/s1. The van der Waals surface area contributed by atoms with Crippen LogP contribution in [0.15, 0.2) is 54.6 Å². The van der Waals surface area contributed by atoms with Gasteiger partial charge in [-0.15, -0.1) is 0 Å². The largest absolute Gasteiger partial charge is 0.352 e. The first-order chi connectivity index (χ1) is 15.6. The minimum atomic E-state index is -3.73. The highest BCUT2D eigenvalue weighted by Gasteiger charge is 2.31. The normalized spacial score (nSPS) is 12.3. The van der Waals surface area contributed by atoms with Gasteiger partial charge in [-0.1, -0.05) is 56.3 Å². The first-order valence-corrected chi connectivity index (χ1v) is 13.1. The second-order valence-electron chi connectivity index (χ2n) is 8.38. The van der Waals surface area contributed by atoms with E-state index in [2.05, 4.69) is 5.32 Å². The average Bonchev–Trinajstić information content (AvgIpc) is 2.76. The van der Waals surface area contributed by atoms with Gasteiger partial charge in [0.2, 0.25) is 21.8 Å². The van der Waals surface area contributed by atoms with Crippen LogP contribution in [-0.4, -0.2) is 50.0 Å². The maximum atomic E-state index is 13.5. The van der Waals surface area contributed by atoms with Gasteiger partial charge in [-0.3, -0.25) is 13.9 Å². The Morgan fingerprint density at radius 2 is 1.55 bits per heavy atom. The Labute approximate surface area is 197 Å². The molecule has 0 aliphatic heterocycles. The summed E-state index contributed by atoms with van der Waals surface area (Å²) >= 11 is 0. The third kappa shape index (κ3) is 7.60. The summed E-state index contributed by atoms with van der Waals surface area (Å²) < 4.78 is 26.3. The van der Waals surface area contributed by atoms with Crippen LogP contribution in [0.4, 0.5) is 5.69 Å². The van der Waals surface area contributed by atoms with Gasteiger partial charge in [0.25, 0.3) is 0 Å². The van der Waals surface area contributed by atoms with Crippen LogP contribution in [0.1, 0.15) is 45.2 Å². The molecule has 0 fully saturated rings. The van der Waals surface area contributed by atoms with Crippen molar-refractivity contribution in [2.75, 3.05) is 17.1 Å². The number of carbonyl (C=O) groups is 2. The highest BCUT2D eigenvalue weighted by Crippen LogP contribution is 2.20. The van der Waals surface area contributed by atoms with E-state index in [0.717, 1.165) is 28.1 Å². The van der Waals surface area contributed by atoms with Gasteiger partial charge in [0.15, 0.2) is 0 Å². The van der Waals surface area contributed by atoms with Gasteiger partial charge >= 0.3 is 0 Å². The topological polar surface area (TPSA) is 86.8 Å². The highest BCUT2D eigenvalue weighted by atomic mass is 32.2. The molecule has 2 amide bonds. The van der Waals surface area contributed by atoms with Crippen LogP contribution < -0.4 is 9.62 Å². The maximum absolute atomic E-state index is 13.5. The molecule has 2 rings (SSSR count). The lowest BCUT2D eigenvalue weighted by molar-refractivity contribution is -0.140. The van der Waals surface area contributed by atoms with Crippen molar-refractivity contribution < 1.29 is 18.0 Å². The zero-order chi connectivity index (χ0) is 24.6. The lowest BCUT2D eigenvalue weighted by Crippen LogP contribution is -2.53. The average molecular weight is 474 g/mol. The summed E-state index contributed by atoms with van der Waals surface area (Å²) in [5, 5.41) is 2.88. The molecular formula is C25H35N3O4S. The number of nitrogens with zero attached hydrogens (tertiary/aromatic N) is 2. The summed E-state index contributed by atoms with van der Waals surface area (Å²) in [5.41, 5.74) is 2.35.